The van der Waals surface area contributed by atoms with E-state index in [1.54, 1.807) is 7.11 Å². The number of carbonyl (C=O) groups excluding carboxylic acids is 1. The lowest BCUT2D eigenvalue weighted by Gasteiger charge is -2.36. The summed E-state index contributed by atoms with van der Waals surface area (Å²) in [6.45, 7) is 1.72. The quantitative estimate of drug-likeness (QED) is 0.749. The van der Waals surface area contributed by atoms with Crippen LogP contribution in [0.15, 0.2) is 12.4 Å². The van der Waals surface area contributed by atoms with Gasteiger partial charge in [-0.25, -0.2) is 0 Å². The third kappa shape index (κ3) is 5.16. The molecule has 1 saturated heterocycles. The molecule has 5 heteroatoms. The number of aromatic amines is 1. The van der Waals surface area contributed by atoms with E-state index in [1.807, 2.05) is 12.4 Å². The average molecular weight is 293 g/mol. The van der Waals surface area contributed by atoms with Gasteiger partial charge in [-0.05, 0) is 50.5 Å². The zero-order chi connectivity index (χ0) is 14.9. The maximum absolute atomic E-state index is 12.4. The number of H-pyrrole nitrogens is 1. The lowest BCUT2D eigenvalue weighted by Crippen LogP contribution is -2.43. The lowest BCUT2D eigenvalue weighted by atomic mass is 9.97. The number of hydrogen-bond donors (Lipinski definition) is 1. The molecule has 0 bridgehead atoms. The minimum absolute atomic E-state index is 0.320. The number of amides is 1. The molecule has 1 aromatic heterocycles. The molecule has 1 fully saturated rings. The standard InChI is InChI=1S/C16H27N3O2/c1-21-11-5-8-15-7-2-3-10-19(15)16(20)9-4-6-14-12-17-18-13-14/h12-13,15H,2-11H2,1H3,(H,17,18)/t15-/m1/s1. The zero-order valence-electron chi connectivity index (χ0n) is 13.0. The fourth-order valence-electron chi connectivity index (χ4n) is 3.09. The van der Waals surface area contributed by atoms with Crippen LogP contribution in [0.1, 0.15) is 50.5 Å². The predicted molar refractivity (Wildman–Crippen MR) is 82.0 cm³/mol. The van der Waals surface area contributed by atoms with Crippen LogP contribution in [0.5, 0.6) is 0 Å². The molecule has 1 aliphatic rings. The number of nitrogens with zero attached hydrogens (tertiary/aromatic N) is 2. The van der Waals surface area contributed by atoms with Crippen LogP contribution in [-0.2, 0) is 16.0 Å². The van der Waals surface area contributed by atoms with Gasteiger partial charge in [-0.2, -0.15) is 5.10 Å². The first-order valence-electron chi connectivity index (χ1n) is 8.07. The van der Waals surface area contributed by atoms with Crippen molar-refractivity contribution in [2.45, 2.75) is 57.4 Å². The highest BCUT2D eigenvalue weighted by molar-refractivity contribution is 5.76. The minimum atomic E-state index is 0.320. The summed E-state index contributed by atoms with van der Waals surface area (Å²) in [4.78, 5) is 14.6. The molecule has 2 rings (SSSR count). The van der Waals surface area contributed by atoms with Crippen molar-refractivity contribution < 1.29 is 9.53 Å². The number of piperidine rings is 1. The highest BCUT2D eigenvalue weighted by Crippen LogP contribution is 2.22. The molecular weight excluding hydrogens is 266 g/mol. The normalized spacial score (nSPS) is 18.9. The van der Waals surface area contributed by atoms with E-state index < -0.39 is 0 Å². The number of aromatic nitrogens is 2. The Kier molecular flexibility index (Phi) is 6.73. The van der Waals surface area contributed by atoms with Gasteiger partial charge in [0.05, 0.1) is 6.20 Å². The third-order valence-electron chi connectivity index (χ3n) is 4.24. The van der Waals surface area contributed by atoms with Crippen molar-refractivity contribution in [3.05, 3.63) is 18.0 Å². The number of methoxy groups -OCH3 is 1. The topological polar surface area (TPSA) is 58.2 Å². The Morgan fingerprint density at radius 2 is 2.38 bits per heavy atom. The van der Waals surface area contributed by atoms with Gasteiger partial charge < -0.3 is 9.64 Å². The summed E-state index contributed by atoms with van der Waals surface area (Å²) in [5.41, 5.74) is 1.18. The SMILES string of the molecule is COCCC[C@H]1CCCCN1C(=O)CCCc1cn[nH]c1. The van der Waals surface area contributed by atoms with Crippen molar-refractivity contribution in [1.82, 2.24) is 15.1 Å². The van der Waals surface area contributed by atoms with Crippen molar-refractivity contribution in [2.75, 3.05) is 20.3 Å². The second-order valence-electron chi connectivity index (χ2n) is 5.83. The van der Waals surface area contributed by atoms with Gasteiger partial charge in [0.2, 0.25) is 5.91 Å². The first-order chi connectivity index (χ1) is 10.3. The highest BCUT2D eigenvalue weighted by Gasteiger charge is 2.25. The molecular formula is C16H27N3O2. The number of hydrogen-bond acceptors (Lipinski definition) is 3. The Hall–Kier alpha value is -1.36. The monoisotopic (exact) mass is 293 g/mol. The fourth-order valence-corrected chi connectivity index (χ4v) is 3.09. The minimum Gasteiger partial charge on any atom is -0.385 e. The van der Waals surface area contributed by atoms with E-state index in [4.69, 9.17) is 4.74 Å². The Bertz CT molecular complexity index is 406. The largest absolute Gasteiger partial charge is 0.385 e. The number of nitrogens with one attached hydrogen (secondary N) is 1. The molecule has 1 aromatic rings. The van der Waals surface area contributed by atoms with Crippen LogP contribution in [0.2, 0.25) is 0 Å². The summed E-state index contributed by atoms with van der Waals surface area (Å²) >= 11 is 0. The van der Waals surface area contributed by atoms with Crippen molar-refractivity contribution >= 4 is 5.91 Å². The summed E-state index contributed by atoms with van der Waals surface area (Å²) in [6.07, 6.45) is 11.9. The van der Waals surface area contributed by atoms with Gasteiger partial charge in [-0.15, -0.1) is 0 Å². The first kappa shape index (κ1) is 16.0. The second-order valence-corrected chi connectivity index (χ2v) is 5.83. The molecule has 0 saturated carbocycles. The number of aryl methyl sites for hydroxylation is 1. The van der Waals surface area contributed by atoms with Crippen LogP contribution in [0.3, 0.4) is 0 Å². The van der Waals surface area contributed by atoms with Gasteiger partial charge in [0.25, 0.3) is 0 Å². The van der Waals surface area contributed by atoms with Crippen molar-refractivity contribution in [1.29, 1.82) is 0 Å². The first-order valence-corrected chi connectivity index (χ1v) is 8.07. The van der Waals surface area contributed by atoms with E-state index in [1.165, 1.54) is 12.0 Å². The summed E-state index contributed by atoms with van der Waals surface area (Å²) in [6, 6.07) is 0.426. The van der Waals surface area contributed by atoms with Crippen LogP contribution in [0.25, 0.3) is 0 Å². The molecule has 1 N–H and O–H groups in total. The molecule has 1 aliphatic heterocycles. The molecule has 0 aromatic carbocycles. The smallest absolute Gasteiger partial charge is 0.222 e. The van der Waals surface area contributed by atoms with Crippen molar-refractivity contribution in [3.8, 4) is 0 Å². The van der Waals surface area contributed by atoms with Gasteiger partial charge in [0, 0.05) is 38.9 Å². The molecule has 0 spiro atoms. The average Bonchev–Trinajstić information content (AvgIpc) is 3.01. The molecule has 118 valence electrons. The van der Waals surface area contributed by atoms with E-state index in [9.17, 15) is 4.79 Å². The molecule has 1 amide bonds. The molecule has 21 heavy (non-hydrogen) atoms. The number of rotatable bonds is 8. The lowest BCUT2D eigenvalue weighted by molar-refractivity contribution is -0.135. The summed E-state index contributed by atoms with van der Waals surface area (Å²) in [7, 11) is 1.74. The molecule has 0 aliphatic carbocycles. The van der Waals surface area contributed by atoms with Crippen molar-refractivity contribution in [2.24, 2.45) is 0 Å². The number of carbonyl (C=O) groups is 1. The van der Waals surface area contributed by atoms with E-state index in [-0.39, 0.29) is 0 Å². The summed E-state index contributed by atoms with van der Waals surface area (Å²) in [5.74, 6) is 0.320. The molecule has 0 unspecified atom stereocenters. The van der Waals surface area contributed by atoms with Crippen LogP contribution in [-0.4, -0.2) is 47.3 Å². The van der Waals surface area contributed by atoms with Gasteiger partial charge in [0.15, 0.2) is 0 Å². The van der Waals surface area contributed by atoms with Crippen LogP contribution < -0.4 is 0 Å². The zero-order valence-corrected chi connectivity index (χ0v) is 13.0. The molecule has 0 radical (unpaired) electrons. The van der Waals surface area contributed by atoms with E-state index >= 15 is 0 Å². The summed E-state index contributed by atoms with van der Waals surface area (Å²) < 4.78 is 5.12. The Morgan fingerprint density at radius 1 is 1.48 bits per heavy atom. The third-order valence-corrected chi connectivity index (χ3v) is 4.24. The highest BCUT2D eigenvalue weighted by atomic mass is 16.5. The van der Waals surface area contributed by atoms with Gasteiger partial charge in [-0.3, -0.25) is 9.89 Å². The molecule has 2 heterocycles. The second kappa shape index (κ2) is 8.82. The molecule has 1 atom stereocenters. The Balaban J connectivity index is 1.74. The molecule has 5 nitrogen and oxygen atoms in total. The van der Waals surface area contributed by atoms with Crippen molar-refractivity contribution in [3.63, 3.8) is 0 Å². The maximum Gasteiger partial charge on any atom is 0.222 e. The maximum atomic E-state index is 12.4. The van der Waals surface area contributed by atoms with Gasteiger partial charge >= 0.3 is 0 Å². The van der Waals surface area contributed by atoms with E-state index in [2.05, 4.69) is 15.1 Å². The van der Waals surface area contributed by atoms with Crippen LogP contribution in [0, 0.1) is 0 Å². The predicted octanol–water partition coefficient (Wildman–Crippen LogP) is 2.54. The van der Waals surface area contributed by atoms with Gasteiger partial charge in [0.1, 0.15) is 0 Å². The number of ether oxygens (including phenoxy) is 1. The Labute approximate surface area is 127 Å². The fraction of sp³-hybridized carbons (Fsp3) is 0.750. The number of likely N-dealkylation sites (tertiary alicyclic amines) is 1. The summed E-state index contributed by atoms with van der Waals surface area (Å²) in [5, 5.41) is 6.74. The Morgan fingerprint density at radius 3 is 3.14 bits per heavy atom. The van der Waals surface area contributed by atoms with Crippen LogP contribution in [0.4, 0.5) is 0 Å². The van der Waals surface area contributed by atoms with Gasteiger partial charge in [-0.1, -0.05) is 0 Å². The van der Waals surface area contributed by atoms with E-state index in [0.29, 0.717) is 18.4 Å². The van der Waals surface area contributed by atoms with Crippen LogP contribution >= 0.6 is 0 Å². The van der Waals surface area contributed by atoms with E-state index in [0.717, 1.165) is 51.7 Å².